The van der Waals surface area contributed by atoms with Gasteiger partial charge in [0.05, 0.1) is 0 Å². The van der Waals surface area contributed by atoms with E-state index in [1.165, 1.54) is 19.3 Å². The van der Waals surface area contributed by atoms with E-state index in [2.05, 4.69) is 5.32 Å². The van der Waals surface area contributed by atoms with Gasteiger partial charge in [0, 0.05) is 19.4 Å². The molecule has 0 aromatic rings. The van der Waals surface area contributed by atoms with Crippen molar-refractivity contribution >= 4 is 11.9 Å². The fraction of sp³-hybridized carbons (Fsp3) is 0.889. The third-order valence-corrected chi connectivity index (χ3v) is 4.00. The summed E-state index contributed by atoms with van der Waals surface area (Å²) in [4.78, 5) is 22.0. The van der Waals surface area contributed by atoms with Crippen LogP contribution in [0, 0.1) is 0 Å². The predicted molar refractivity (Wildman–Crippen MR) is 94.3 cm³/mol. The van der Waals surface area contributed by atoms with Gasteiger partial charge in [-0.15, -0.1) is 0 Å². The Balaban J connectivity index is 3.16. The van der Waals surface area contributed by atoms with Crippen molar-refractivity contribution in [2.75, 3.05) is 13.1 Å². The topological polar surface area (TPSA) is 92.4 Å². The number of nitrogens with one attached hydrogen (secondary N) is 1. The highest BCUT2D eigenvalue weighted by Gasteiger charge is 2.01. The van der Waals surface area contributed by atoms with Crippen LogP contribution in [0.1, 0.15) is 89.9 Å². The van der Waals surface area contributed by atoms with Gasteiger partial charge in [-0.3, -0.25) is 9.59 Å². The van der Waals surface area contributed by atoms with Crippen molar-refractivity contribution in [1.82, 2.24) is 5.32 Å². The number of carbonyl (C=O) groups is 2. The molecule has 4 N–H and O–H groups in total. The molecular formula is C18H36N2O3. The lowest BCUT2D eigenvalue weighted by molar-refractivity contribution is -0.137. The lowest BCUT2D eigenvalue weighted by atomic mass is 10.1. The zero-order chi connectivity index (χ0) is 17.2. The number of hydrogen-bond acceptors (Lipinski definition) is 3. The molecule has 0 fully saturated rings. The van der Waals surface area contributed by atoms with Crippen LogP contribution in [0.25, 0.3) is 0 Å². The Labute approximate surface area is 141 Å². The summed E-state index contributed by atoms with van der Waals surface area (Å²) in [6.45, 7) is 1.55. The third kappa shape index (κ3) is 18.9. The van der Waals surface area contributed by atoms with E-state index in [4.69, 9.17) is 10.8 Å². The minimum Gasteiger partial charge on any atom is -0.481 e. The lowest BCUT2D eigenvalue weighted by Gasteiger charge is -2.05. The first kappa shape index (κ1) is 21.9. The Bertz CT molecular complexity index is 296. The Morgan fingerprint density at radius 2 is 1.17 bits per heavy atom. The highest BCUT2D eigenvalue weighted by molar-refractivity contribution is 5.75. The molecule has 0 aromatic carbocycles. The maximum absolute atomic E-state index is 11.6. The number of rotatable bonds is 17. The van der Waals surface area contributed by atoms with Gasteiger partial charge in [0.15, 0.2) is 0 Å². The first-order valence-electron chi connectivity index (χ1n) is 9.35. The molecule has 0 aliphatic heterocycles. The molecule has 0 aromatic heterocycles. The van der Waals surface area contributed by atoms with Crippen LogP contribution in [-0.2, 0) is 9.59 Å². The van der Waals surface area contributed by atoms with E-state index in [0.29, 0.717) is 12.8 Å². The molecule has 0 saturated heterocycles. The van der Waals surface area contributed by atoms with Gasteiger partial charge >= 0.3 is 5.97 Å². The van der Waals surface area contributed by atoms with Crippen LogP contribution in [0.5, 0.6) is 0 Å². The van der Waals surface area contributed by atoms with Gasteiger partial charge in [0.1, 0.15) is 0 Å². The average Bonchev–Trinajstić information content (AvgIpc) is 2.52. The van der Waals surface area contributed by atoms with Crippen LogP contribution in [0.3, 0.4) is 0 Å². The molecule has 0 atom stereocenters. The van der Waals surface area contributed by atoms with Crippen LogP contribution in [0.4, 0.5) is 0 Å². The quantitative estimate of drug-likeness (QED) is 0.356. The molecule has 0 aliphatic rings. The Hall–Kier alpha value is -1.10. The Morgan fingerprint density at radius 3 is 1.74 bits per heavy atom. The minimum absolute atomic E-state index is 0.178. The lowest BCUT2D eigenvalue weighted by Crippen LogP contribution is -2.23. The van der Waals surface area contributed by atoms with Crippen LogP contribution in [0.2, 0.25) is 0 Å². The molecule has 1 amide bonds. The second-order valence-corrected chi connectivity index (χ2v) is 6.28. The van der Waals surface area contributed by atoms with Gasteiger partial charge in [-0.05, 0) is 32.2 Å². The fourth-order valence-electron chi connectivity index (χ4n) is 2.56. The van der Waals surface area contributed by atoms with Gasteiger partial charge in [-0.25, -0.2) is 0 Å². The number of unbranched alkanes of at least 4 members (excludes halogenated alkanes) is 10. The van der Waals surface area contributed by atoms with Crippen molar-refractivity contribution in [2.45, 2.75) is 89.9 Å². The summed E-state index contributed by atoms with van der Waals surface area (Å²) >= 11 is 0. The molecule has 0 aliphatic carbocycles. The van der Waals surface area contributed by atoms with E-state index >= 15 is 0 Å². The Kier molecular flexibility index (Phi) is 16.4. The normalized spacial score (nSPS) is 10.7. The second-order valence-electron chi connectivity index (χ2n) is 6.28. The molecule has 0 unspecified atom stereocenters. The van der Waals surface area contributed by atoms with E-state index in [9.17, 15) is 9.59 Å². The van der Waals surface area contributed by atoms with Crippen molar-refractivity contribution < 1.29 is 14.7 Å². The zero-order valence-electron chi connectivity index (χ0n) is 14.7. The predicted octanol–water partition coefficient (Wildman–Crippen LogP) is 3.61. The maximum atomic E-state index is 11.6. The average molecular weight is 328 g/mol. The van der Waals surface area contributed by atoms with Crippen molar-refractivity contribution in [3.05, 3.63) is 0 Å². The molecule has 5 nitrogen and oxygen atoms in total. The van der Waals surface area contributed by atoms with E-state index in [0.717, 1.165) is 70.9 Å². The van der Waals surface area contributed by atoms with Gasteiger partial charge in [-0.2, -0.15) is 0 Å². The molecule has 0 radical (unpaired) electrons. The fourth-order valence-corrected chi connectivity index (χ4v) is 2.56. The van der Waals surface area contributed by atoms with E-state index in [1.54, 1.807) is 0 Å². The highest BCUT2D eigenvalue weighted by atomic mass is 16.4. The highest BCUT2D eigenvalue weighted by Crippen LogP contribution is 2.10. The molecule has 5 heteroatoms. The minimum atomic E-state index is -0.696. The number of nitrogens with two attached hydrogens (primary N) is 1. The second kappa shape index (κ2) is 17.3. The van der Waals surface area contributed by atoms with Crippen molar-refractivity contribution in [3.63, 3.8) is 0 Å². The number of carboxylic acid groups (broad SMARTS) is 1. The van der Waals surface area contributed by atoms with Crippen LogP contribution in [-0.4, -0.2) is 30.1 Å². The summed E-state index contributed by atoms with van der Waals surface area (Å²) in [5, 5.41) is 11.5. The maximum Gasteiger partial charge on any atom is 0.303 e. The summed E-state index contributed by atoms with van der Waals surface area (Å²) in [6.07, 6.45) is 13.9. The van der Waals surface area contributed by atoms with Gasteiger partial charge in [0.25, 0.3) is 0 Å². The summed E-state index contributed by atoms with van der Waals surface area (Å²) in [7, 11) is 0. The van der Waals surface area contributed by atoms with Crippen LogP contribution < -0.4 is 11.1 Å². The summed E-state index contributed by atoms with van der Waals surface area (Å²) < 4.78 is 0. The number of hydrogen-bond donors (Lipinski definition) is 3. The first-order chi connectivity index (χ1) is 11.2. The number of aliphatic carboxylic acids is 1. The standard InChI is InChI=1S/C18H36N2O3/c19-15-11-7-8-12-16-20-17(21)13-9-5-3-1-2-4-6-10-14-18(22)23/h1-16,19H2,(H,20,21)(H,22,23). The smallest absolute Gasteiger partial charge is 0.303 e. The zero-order valence-corrected chi connectivity index (χ0v) is 14.7. The van der Waals surface area contributed by atoms with Gasteiger partial charge in [-0.1, -0.05) is 51.4 Å². The number of carbonyl (C=O) groups excluding carboxylic acids is 1. The molecular weight excluding hydrogens is 292 g/mol. The van der Waals surface area contributed by atoms with Crippen molar-refractivity contribution in [2.24, 2.45) is 5.73 Å². The molecule has 136 valence electrons. The molecule has 0 heterocycles. The largest absolute Gasteiger partial charge is 0.481 e. The van der Waals surface area contributed by atoms with Crippen LogP contribution in [0.15, 0.2) is 0 Å². The van der Waals surface area contributed by atoms with E-state index in [-0.39, 0.29) is 5.91 Å². The molecule has 23 heavy (non-hydrogen) atoms. The third-order valence-electron chi connectivity index (χ3n) is 4.00. The molecule has 0 rings (SSSR count). The van der Waals surface area contributed by atoms with E-state index in [1.807, 2.05) is 0 Å². The van der Waals surface area contributed by atoms with Crippen molar-refractivity contribution in [3.8, 4) is 0 Å². The number of carboxylic acids is 1. The SMILES string of the molecule is NCCCCCCNC(=O)CCCCCCCCCCC(=O)O. The van der Waals surface area contributed by atoms with E-state index < -0.39 is 5.97 Å². The first-order valence-corrected chi connectivity index (χ1v) is 9.35. The van der Waals surface area contributed by atoms with Crippen LogP contribution >= 0.6 is 0 Å². The Morgan fingerprint density at radius 1 is 0.696 bits per heavy atom. The summed E-state index contributed by atoms with van der Waals surface area (Å²) in [5.41, 5.74) is 5.43. The van der Waals surface area contributed by atoms with Gasteiger partial charge < -0.3 is 16.2 Å². The summed E-state index contributed by atoms with van der Waals surface area (Å²) in [5.74, 6) is -0.517. The molecule has 0 saturated carbocycles. The summed E-state index contributed by atoms with van der Waals surface area (Å²) in [6, 6.07) is 0. The van der Waals surface area contributed by atoms with Crippen molar-refractivity contribution in [1.29, 1.82) is 0 Å². The van der Waals surface area contributed by atoms with Gasteiger partial charge in [0.2, 0.25) is 5.91 Å². The number of amides is 1. The molecule has 0 bridgehead atoms. The monoisotopic (exact) mass is 328 g/mol. The molecule has 0 spiro atoms.